The Bertz CT molecular complexity index is 138. The van der Waals surface area contributed by atoms with E-state index < -0.39 is 0 Å². The molecule has 1 fully saturated rings. The monoisotopic (exact) mass is 185 g/mol. The number of nitrogens with one attached hydrogen (secondary N) is 1. The van der Waals surface area contributed by atoms with Gasteiger partial charge in [0.1, 0.15) is 0 Å². The van der Waals surface area contributed by atoms with Crippen LogP contribution in [0.5, 0.6) is 0 Å². The van der Waals surface area contributed by atoms with Crippen molar-refractivity contribution in [2.24, 2.45) is 17.8 Å². The highest BCUT2D eigenvalue weighted by molar-refractivity contribution is 4.85. The van der Waals surface area contributed by atoms with Gasteiger partial charge in [-0.3, -0.25) is 0 Å². The maximum absolute atomic E-state index is 5.11. The third-order valence-electron chi connectivity index (χ3n) is 3.45. The molecular weight excluding hydrogens is 162 g/mol. The van der Waals surface area contributed by atoms with E-state index in [4.69, 9.17) is 4.74 Å². The minimum Gasteiger partial charge on any atom is -0.385 e. The lowest BCUT2D eigenvalue weighted by Crippen LogP contribution is -2.37. The summed E-state index contributed by atoms with van der Waals surface area (Å²) in [5.74, 6) is 2.71. The fourth-order valence-corrected chi connectivity index (χ4v) is 2.38. The molecule has 1 N–H and O–H groups in total. The third-order valence-corrected chi connectivity index (χ3v) is 3.45. The summed E-state index contributed by atoms with van der Waals surface area (Å²) in [6, 6.07) is 0. The van der Waals surface area contributed by atoms with E-state index in [2.05, 4.69) is 19.3 Å². The van der Waals surface area contributed by atoms with E-state index in [9.17, 15) is 0 Å². The Balaban J connectivity index is 2.18. The second kappa shape index (κ2) is 5.61. The molecule has 0 aromatic heterocycles. The summed E-state index contributed by atoms with van der Waals surface area (Å²) in [7, 11) is 3.84. The van der Waals surface area contributed by atoms with Crippen molar-refractivity contribution < 1.29 is 4.74 Å². The van der Waals surface area contributed by atoms with Crippen LogP contribution in [0.1, 0.15) is 26.2 Å². The van der Waals surface area contributed by atoms with E-state index in [-0.39, 0.29) is 0 Å². The fourth-order valence-electron chi connectivity index (χ4n) is 2.38. The normalized spacial score (nSPS) is 29.8. The summed E-state index contributed by atoms with van der Waals surface area (Å²) in [4.78, 5) is 0. The number of methoxy groups -OCH3 is 1. The van der Waals surface area contributed by atoms with Crippen LogP contribution in [0.2, 0.25) is 0 Å². The minimum atomic E-state index is 0.840. The van der Waals surface area contributed by atoms with Gasteiger partial charge in [0.2, 0.25) is 0 Å². The van der Waals surface area contributed by atoms with E-state index in [0.717, 1.165) is 24.4 Å². The first kappa shape index (κ1) is 11.0. The number of rotatable bonds is 6. The van der Waals surface area contributed by atoms with Crippen LogP contribution in [-0.4, -0.2) is 27.3 Å². The highest BCUT2D eigenvalue weighted by Crippen LogP contribution is 2.40. The molecule has 0 saturated heterocycles. The molecule has 13 heavy (non-hydrogen) atoms. The molecule has 0 radical (unpaired) electrons. The molecule has 1 aliphatic rings. The Hall–Kier alpha value is -0.0800. The summed E-state index contributed by atoms with van der Waals surface area (Å²) in [6.45, 7) is 4.48. The molecule has 3 unspecified atom stereocenters. The molecule has 0 aliphatic heterocycles. The molecule has 0 aromatic rings. The smallest absolute Gasteiger partial charge is 0.0464 e. The molecular formula is C11H23NO. The average Bonchev–Trinajstić information content (AvgIpc) is 2.09. The Kier molecular flexibility index (Phi) is 4.74. The average molecular weight is 185 g/mol. The van der Waals surface area contributed by atoms with Crippen molar-refractivity contribution >= 4 is 0 Å². The Morgan fingerprint density at radius 2 is 2.23 bits per heavy atom. The zero-order chi connectivity index (χ0) is 9.68. The lowest BCUT2D eigenvalue weighted by Gasteiger charge is -2.40. The SMILES string of the molecule is CNCC1CCC1C(C)CCOC. The Labute approximate surface area is 82.0 Å². The summed E-state index contributed by atoms with van der Waals surface area (Å²) >= 11 is 0. The van der Waals surface area contributed by atoms with Gasteiger partial charge in [0.05, 0.1) is 0 Å². The van der Waals surface area contributed by atoms with Crippen molar-refractivity contribution in [1.29, 1.82) is 0 Å². The van der Waals surface area contributed by atoms with Gasteiger partial charge in [0, 0.05) is 13.7 Å². The van der Waals surface area contributed by atoms with Gasteiger partial charge in [0.25, 0.3) is 0 Å². The van der Waals surface area contributed by atoms with Gasteiger partial charge in [-0.05, 0) is 50.6 Å². The second-order valence-electron chi connectivity index (χ2n) is 4.32. The van der Waals surface area contributed by atoms with Crippen LogP contribution in [0, 0.1) is 17.8 Å². The molecule has 1 saturated carbocycles. The molecule has 2 nitrogen and oxygen atoms in total. The first-order valence-electron chi connectivity index (χ1n) is 5.43. The number of ether oxygens (including phenoxy) is 1. The maximum Gasteiger partial charge on any atom is 0.0464 e. The molecule has 2 heteroatoms. The predicted molar refractivity (Wildman–Crippen MR) is 55.8 cm³/mol. The van der Waals surface area contributed by atoms with Crippen LogP contribution in [0.3, 0.4) is 0 Å². The van der Waals surface area contributed by atoms with Crippen LogP contribution in [0.4, 0.5) is 0 Å². The molecule has 1 aliphatic carbocycles. The summed E-state index contributed by atoms with van der Waals surface area (Å²) in [5.41, 5.74) is 0. The van der Waals surface area contributed by atoms with Crippen molar-refractivity contribution in [2.45, 2.75) is 26.2 Å². The lowest BCUT2D eigenvalue weighted by atomic mass is 9.67. The van der Waals surface area contributed by atoms with E-state index >= 15 is 0 Å². The molecule has 0 aromatic carbocycles. The largest absolute Gasteiger partial charge is 0.385 e. The number of hydrogen-bond acceptors (Lipinski definition) is 2. The maximum atomic E-state index is 5.11. The quantitative estimate of drug-likeness (QED) is 0.682. The topological polar surface area (TPSA) is 21.3 Å². The zero-order valence-electron chi connectivity index (χ0n) is 9.18. The fraction of sp³-hybridized carbons (Fsp3) is 1.00. The van der Waals surface area contributed by atoms with Crippen LogP contribution in [-0.2, 0) is 4.74 Å². The molecule has 0 bridgehead atoms. The van der Waals surface area contributed by atoms with Crippen LogP contribution in [0.15, 0.2) is 0 Å². The number of hydrogen-bond donors (Lipinski definition) is 1. The van der Waals surface area contributed by atoms with Gasteiger partial charge >= 0.3 is 0 Å². The molecule has 0 heterocycles. The summed E-state index contributed by atoms with van der Waals surface area (Å²) < 4.78 is 5.11. The van der Waals surface area contributed by atoms with E-state index in [1.54, 1.807) is 7.11 Å². The van der Waals surface area contributed by atoms with Gasteiger partial charge in [-0.25, -0.2) is 0 Å². The van der Waals surface area contributed by atoms with E-state index in [1.807, 2.05) is 0 Å². The minimum absolute atomic E-state index is 0.840. The van der Waals surface area contributed by atoms with Gasteiger partial charge in [-0.2, -0.15) is 0 Å². The highest BCUT2D eigenvalue weighted by atomic mass is 16.5. The van der Waals surface area contributed by atoms with Gasteiger partial charge < -0.3 is 10.1 Å². The molecule has 0 spiro atoms. The third kappa shape index (κ3) is 2.96. The summed E-state index contributed by atoms with van der Waals surface area (Å²) in [5, 5.41) is 3.28. The van der Waals surface area contributed by atoms with E-state index in [1.165, 1.54) is 25.8 Å². The first-order chi connectivity index (χ1) is 6.29. The first-order valence-corrected chi connectivity index (χ1v) is 5.43. The lowest BCUT2D eigenvalue weighted by molar-refractivity contribution is 0.0847. The van der Waals surface area contributed by atoms with Gasteiger partial charge in [-0.1, -0.05) is 6.92 Å². The highest BCUT2D eigenvalue weighted by Gasteiger charge is 2.33. The predicted octanol–water partition coefficient (Wildman–Crippen LogP) is 1.90. The van der Waals surface area contributed by atoms with Gasteiger partial charge in [-0.15, -0.1) is 0 Å². The van der Waals surface area contributed by atoms with Crippen molar-refractivity contribution in [3.8, 4) is 0 Å². The molecule has 1 rings (SSSR count). The second-order valence-corrected chi connectivity index (χ2v) is 4.32. The zero-order valence-corrected chi connectivity index (χ0v) is 9.18. The van der Waals surface area contributed by atoms with Crippen LogP contribution in [0.25, 0.3) is 0 Å². The van der Waals surface area contributed by atoms with Gasteiger partial charge in [0.15, 0.2) is 0 Å². The Morgan fingerprint density at radius 3 is 2.69 bits per heavy atom. The summed E-state index contributed by atoms with van der Waals surface area (Å²) in [6.07, 6.45) is 4.07. The standard InChI is InChI=1S/C11H23NO/c1-9(6-7-13-3)11-5-4-10(11)8-12-2/h9-12H,4-8H2,1-3H3. The molecule has 3 atom stereocenters. The van der Waals surface area contributed by atoms with E-state index in [0.29, 0.717) is 0 Å². The van der Waals surface area contributed by atoms with Crippen molar-refractivity contribution in [3.05, 3.63) is 0 Å². The van der Waals surface area contributed by atoms with Crippen molar-refractivity contribution in [1.82, 2.24) is 5.32 Å². The molecule has 78 valence electrons. The van der Waals surface area contributed by atoms with Crippen molar-refractivity contribution in [3.63, 3.8) is 0 Å². The van der Waals surface area contributed by atoms with Crippen LogP contribution < -0.4 is 5.32 Å². The Morgan fingerprint density at radius 1 is 1.46 bits per heavy atom. The van der Waals surface area contributed by atoms with Crippen LogP contribution >= 0.6 is 0 Å². The van der Waals surface area contributed by atoms with Crippen molar-refractivity contribution in [2.75, 3.05) is 27.3 Å². The molecule has 0 amide bonds.